The van der Waals surface area contributed by atoms with Gasteiger partial charge < -0.3 is 19.8 Å². The second kappa shape index (κ2) is 7.89. The lowest BCUT2D eigenvalue weighted by molar-refractivity contribution is 0.00578. The molecule has 1 atom stereocenters. The van der Waals surface area contributed by atoms with Crippen LogP contribution in [0.25, 0.3) is 0 Å². The summed E-state index contributed by atoms with van der Waals surface area (Å²) < 4.78 is 17.2. The van der Waals surface area contributed by atoms with Crippen molar-refractivity contribution in [1.82, 2.24) is 0 Å². The molecule has 0 saturated carbocycles. The SMILES string of the molecule is COc1cccc(CCC[C@H](N)B2OC(C)(C)C(C)(C)O2)c1.Cl. The zero-order valence-corrected chi connectivity index (χ0v) is 15.6. The minimum absolute atomic E-state index is 0. The van der Waals surface area contributed by atoms with Gasteiger partial charge in [-0.25, -0.2) is 0 Å². The third-order valence-electron chi connectivity index (χ3n) is 4.76. The predicted molar refractivity (Wildman–Crippen MR) is 97.2 cm³/mol. The van der Waals surface area contributed by atoms with Crippen molar-refractivity contribution in [3.8, 4) is 5.75 Å². The molecular formula is C17H29BClNO3. The van der Waals surface area contributed by atoms with Crippen LogP contribution in [-0.4, -0.2) is 31.4 Å². The van der Waals surface area contributed by atoms with Crippen molar-refractivity contribution in [1.29, 1.82) is 0 Å². The summed E-state index contributed by atoms with van der Waals surface area (Å²) in [5, 5.41) is 0. The molecule has 6 heteroatoms. The monoisotopic (exact) mass is 341 g/mol. The van der Waals surface area contributed by atoms with Crippen molar-refractivity contribution in [2.75, 3.05) is 7.11 Å². The molecule has 4 nitrogen and oxygen atoms in total. The fourth-order valence-electron chi connectivity index (χ4n) is 2.57. The first-order chi connectivity index (χ1) is 10.2. The van der Waals surface area contributed by atoms with Crippen LogP contribution in [0.5, 0.6) is 5.75 Å². The molecule has 1 aliphatic rings. The van der Waals surface area contributed by atoms with Gasteiger partial charge in [0.05, 0.1) is 18.3 Å². The van der Waals surface area contributed by atoms with Crippen LogP contribution in [0, 0.1) is 0 Å². The molecule has 130 valence electrons. The van der Waals surface area contributed by atoms with Crippen LogP contribution in [-0.2, 0) is 15.7 Å². The molecule has 1 saturated heterocycles. The van der Waals surface area contributed by atoms with Crippen LogP contribution < -0.4 is 10.5 Å². The summed E-state index contributed by atoms with van der Waals surface area (Å²) in [5.74, 6) is 0.791. The zero-order chi connectivity index (χ0) is 16.4. The van der Waals surface area contributed by atoms with E-state index in [2.05, 4.69) is 39.8 Å². The highest BCUT2D eigenvalue weighted by atomic mass is 35.5. The van der Waals surface area contributed by atoms with Gasteiger partial charge in [0, 0.05) is 5.94 Å². The van der Waals surface area contributed by atoms with E-state index < -0.39 is 0 Å². The number of methoxy groups -OCH3 is 1. The normalized spacial score (nSPS) is 20.0. The third-order valence-corrected chi connectivity index (χ3v) is 4.76. The number of hydrogen-bond acceptors (Lipinski definition) is 4. The van der Waals surface area contributed by atoms with E-state index in [1.165, 1.54) is 5.56 Å². The maximum atomic E-state index is 6.27. The molecule has 0 spiro atoms. The minimum Gasteiger partial charge on any atom is -0.497 e. The maximum absolute atomic E-state index is 6.27. The summed E-state index contributed by atoms with van der Waals surface area (Å²) in [7, 11) is 1.36. The summed E-state index contributed by atoms with van der Waals surface area (Å²) in [6, 6.07) is 8.16. The Hall–Kier alpha value is -0.745. The molecule has 0 aromatic heterocycles. The lowest BCUT2D eigenvalue weighted by Crippen LogP contribution is -2.41. The first-order valence-electron chi connectivity index (χ1n) is 7.99. The second-order valence-corrected chi connectivity index (χ2v) is 7.03. The number of halogens is 1. The fraction of sp³-hybridized carbons (Fsp3) is 0.647. The summed E-state index contributed by atoms with van der Waals surface area (Å²) >= 11 is 0. The number of rotatable bonds is 6. The molecule has 0 radical (unpaired) electrons. The molecule has 1 aliphatic heterocycles. The number of benzene rings is 1. The molecule has 2 rings (SSSR count). The third kappa shape index (κ3) is 4.86. The van der Waals surface area contributed by atoms with E-state index >= 15 is 0 Å². The van der Waals surface area contributed by atoms with Gasteiger partial charge in [0.2, 0.25) is 0 Å². The number of ether oxygens (including phenoxy) is 1. The Balaban J connectivity index is 0.00000264. The summed E-state index contributed by atoms with van der Waals surface area (Å²) in [6.45, 7) is 8.21. The molecule has 2 N–H and O–H groups in total. The van der Waals surface area contributed by atoms with Gasteiger partial charge in [-0.2, -0.15) is 0 Å². The molecule has 0 amide bonds. The van der Waals surface area contributed by atoms with Crippen molar-refractivity contribution >= 4 is 19.5 Å². The van der Waals surface area contributed by atoms with Gasteiger partial charge in [-0.1, -0.05) is 12.1 Å². The van der Waals surface area contributed by atoms with Crippen molar-refractivity contribution in [2.45, 2.75) is 64.1 Å². The van der Waals surface area contributed by atoms with Gasteiger partial charge in [-0.3, -0.25) is 0 Å². The predicted octanol–water partition coefficient (Wildman–Crippen LogP) is 3.40. The van der Waals surface area contributed by atoms with E-state index in [1.807, 2.05) is 12.1 Å². The maximum Gasteiger partial charge on any atom is 0.475 e. The minimum atomic E-state index is -0.324. The molecular weight excluding hydrogens is 312 g/mol. The highest BCUT2D eigenvalue weighted by Gasteiger charge is 2.52. The number of aryl methyl sites for hydroxylation is 1. The zero-order valence-electron chi connectivity index (χ0n) is 14.8. The Morgan fingerprint density at radius 3 is 2.35 bits per heavy atom. The second-order valence-electron chi connectivity index (χ2n) is 7.03. The summed E-state index contributed by atoms with van der Waals surface area (Å²) in [5.41, 5.74) is 6.90. The van der Waals surface area contributed by atoms with Crippen LogP contribution in [0.3, 0.4) is 0 Å². The van der Waals surface area contributed by atoms with Crippen LogP contribution in [0.4, 0.5) is 0 Å². The molecule has 0 unspecified atom stereocenters. The van der Waals surface area contributed by atoms with E-state index in [0.717, 1.165) is 25.0 Å². The highest BCUT2D eigenvalue weighted by molar-refractivity contribution is 6.47. The van der Waals surface area contributed by atoms with Gasteiger partial charge in [-0.05, 0) is 64.7 Å². The van der Waals surface area contributed by atoms with Crippen molar-refractivity contribution in [3.05, 3.63) is 29.8 Å². The van der Waals surface area contributed by atoms with E-state index in [0.29, 0.717) is 0 Å². The van der Waals surface area contributed by atoms with Crippen molar-refractivity contribution in [3.63, 3.8) is 0 Å². The summed E-state index contributed by atoms with van der Waals surface area (Å²) in [4.78, 5) is 0. The lowest BCUT2D eigenvalue weighted by Gasteiger charge is -2.32. The number of nitrogens with two attached hydrogens (primary N) is 1. The first kappa shape index (κ1) is 20.3. The van der Waals surface area contributed by atoms with Crippen molar-refractivity contribution < 1.29 is 14.0 Å². The Bertz CT molecular complexity index is 494. The van der Waals surface area contributed by atoms with Crippen molar-refractivity contribution in [2.24, 2.45) is 5.73 Å². The van der Waals surface area contributed by atoms with E-state index in [4.69, 9.17) is 19.8 Å². The molecule has 0 bridgehead atoms. The largest absolute Gasteiger partial charge is 0.497 e. The quantitative estimate of drug-likeness (QED) is 0.806. The van der Waals surface area contributed by atoms with Crippen LogP contribution >= 0.6 is 12.4 Å². The fourth-order valence-corrected chi connectivity index (χ4v) is 2.57. The Morgan fingerprint density at radius 1 is 1.17 bits per heavy atom. The lowest BCUT2D eigenvalue weighted by atomic mass is 9.76. The summed E-state index contributed by atoms with van der Waals surface area (Å²) in [6.07, 6.45) is 2.84. The molecule has 0 aliphatic carbocycles. The van der Waals surface area contributed by atoms with Gasteiger partial charge in [0.15, 0.2) is 0 Å². The van der Waals surface area contributed by atoms with E-state index in [-0.39, 0.29) is 36.7 Å². The van der Waals surface area contributed by atoms with Crippen LogP contribution in [0.15, 0.2) is 24.3 Å². The van der Waals surface area contributed by atoms with Gasteiger partial charge >= 0.3 is 7.12 Å². The average Bonchev–Trinajstić information content (AvgIpc) is 2.68. The van der Waals surface area contributed by atoms with E-state index in [1.54, 1.807) is 7.11 Å². The Morgan fingerprint density at radius 2 is 1.78 bits per heavy atom. The standard InChI is InChI=1S/C17H28BNO3.ClH/c1-16(2)17(3,4)22-18(21-16)15(19)11-7-9-13-8-6-10-14(12-13)20-5;/h6,8,10,12,15H,7,9,11,19H2,1-5H3;1H/t15-;/m0./s1. The number of hydrogen-bond donors (Lipinski definition) is 1. The molecule has 1 aromatic rings. The highest BCUT2D eigenvalue weighted by Crippen LogP contribution is 2.37. The smallest absolute Gasteiger partial charge is 0.475 e. The Labute approximate surface area is 146 Å². The molecule has 23 heavy (non-hydrogen) atoms. The molecule has 1 aromatic carbocycles. The van der Waals surface area contributed by atoms with Gasteiger partial charge in [-0.15, -0.1) is 12.4 Å². The Kier molecular flexibility index (Phi) is 6.96. The van der Waals surface area contributed by atoms with E-state index in [9.17, 15) is 0 Å². The van der Waals surface area contributed by atoms with Crippen LogP contribution in [0.2, 0.25) is 0 Å². The molecule has 1 fully saturated rings. The average molecular weight is 342 g/mol. The molecule has 1 heterocycles. The van der Waals surface area contributed by atoms with Gasteiger partial charge in [0.25, 0.3) is 0 Å². The topological polar surface area (TPSA) is 53.7 Å². The van der Waals surface area contributed by atoms with Crippen LogP contribution in [0.1, 0.15) is 46.1 Å². The first-order valence-corrected chi connectivity index (χ1v) is 7.99. The van der Waals surface area contributed by atoms with Gasteiger partial charge in [0.1, 0.15) is 5.75 Å².